The quantitative estimate of drug-likeness (QED) is 0.663. The number of fused-ring (bicyclic) bond motifs is 1. The molecule has 2 aromatic rings. The van der Waals surface area contributed by atoms with Crippen LogP contribution in [0.4, 0.5) is 20.3 Å². The normalized spacial score (nSPS) is 24.6. The van der Waals surface area contributed by atoms with Gasteiger partial charge in [0.2, 0.25) is 5.92 Å². The van der Waals surface area contributed by atoms with Gasteiger partial charge in [-0.2, -0.15) is 0 Å². The summed E-state index contributed by atoms with van der Waals surface area (Å²) in [5.74, 6) is -2.04. The van der Waals surface area contributed by atoms with Crippen molar-refractivity contribution in [3.63, 3.8) is 0 Å². The Morgan fingerprint density at radius 3 is 2.66 bits per heavy atom. The maximum absolute atomic E-state index is 13.3. The van der Waals surface area contributed by atoms with Crippen LogP contribution in [-0.4, -0.2) is 77.3 Å². The summed E-state index contributed by atoms with van der Waals surface area (Å²) in [6.45, 7) is 8.66. The lowest BCUT2D eigenvalue weighted by atomic mass is 9.61. The van der Waals surface area contributed by atoms with Crippen molar-refractivity contribution >= 4 is 17.4 Å². The Morgan fingerprint density at radius 2 is 1.94 bits per heavy atom. The van der Waals surface area contributed by atoms with Gasteiger partial charge in [0, 0.05) is 69.6 Å². The van der Waals surface area contributed by atoms with Crippen molar-refractivity contribution in [3.05, 3.63) is 40.8 Å². The van der Waals surface area contributed by atoms with Crippen LogP contribution in [-0.2, 0) is 17.7 Å². The Morgan fingerprint density at radius 1 is 1.14 bits per heavy atom. The zero-order valence-corrected chi connectivity index (χ0v) is 20.1. The average molecular weight is 485 g/mol. The van der Waals surface area contributed by atoms with Gasteiger partial charge in [0.25, 0.3) is 5.91 Å². The number of halogens is 2. The third-order valence-corrected chi connectivity index (χ3v) is 7.72. The predicted octanol–water partition coefficient (Wildman–Crippen LogP) is 2.84. The van der Waals surface area contributed by atoms with Crippen LogP contribution in [0.2, 0.25) is 0 Å². The number of anilines is 2. The highest BCUT2D eigenvalue weighted by Crippen LogP contribution is 2.56. The van der Waals surface area contributed by atoms with Crippen molar-refractivity contribution in [3.8, 4) is 0 Å². The van der Waals surface area contributed by atoms with Crippen LogP contribution in [0.15, 0.2) is 18.3 Å². The largest absolute Gasteiger partial charge is 0.375 e. The fraction of sp³-hybridized carbons (Fsp3) is 0.600. The van der Waals surface area contributed by atoms with Gasteiger partial charge in [-0.25, -0.2) is 8.78 Å². The highest BCUT2D eigenvalue weighted by Gasteiger charge is 2.62. The average Bonchev–Trinajstić information content (AvgIpc) is 2.79. The fourth-order valence-electron chi connectivity index (χ4n) is 6.05. The number of carbonyl (C=O) groups is 1. The molecule has 2 saturated heterocycles. The van der Waals surface area contributed by atoms with Crippen LogP contribution >= 0.6 is 0 Å². The molecule has 6 rings (SSSR count). The number of amides is 1. The third kappa shape index (κ3) is 4.11. The summed E-state index contributed by atoms with van der Waals surface area (Å²) >= 11 is 0. The first-order valence-electron chi connectivity index (χ1n) is 12.3. The van der Waals surface area contributed by atoms with E-state index in [0.717, 1.165) is 55.4 Å². The molecule has 1 aliphatic carbocycles. The van der Waals surface area contributed by atoms with E-state index in [9.17, 15) is 13.6 Å². The third-order valence-electron chi connectivity index (χ3n) is 7.72. The van der Waals surface area contributed by atoms with Gasteiger partial charge in [0.15, 0.2) is 11.5 Å². The number of aromatic nitrogens is 3. The first kappa shape index (κ1) is 22.6. The number of nitrogens with zero attached hydrogens (tertiary/aromatic N) is 6. The van der Waals surface area contributed by atoms with Crippen LogP contribution in [0.5, 0.6) is 0 Å². The molecular formula is C25H30F2N6O2. The van der Waals surface area contributed by atoms with E-state index in [1.54, 1.807) is 11.0 Å². The summed E-state index contributed by atoms with van der Waals surface area (Å²) in [6, 6.07) is 3.99. The van der Waals surface area contributed by atoms with Crippen LogP contribution in [0.3, 0.4) is 0 Å². The molecule has 1 atom stereocenters. The van der Waals surface area contributed by atoms with Gasteiger partial charge in [-0.05, 0) is 37.1 Å². The van der Waals surface area contributed by atoms with Gasteiger partial charge in [0.1, 0.15) is 0 Å². The van der Waals surface area contributed by atoms with Crippen molar-refractivity contribution in [1.82, 2.24) is 20.1 Å². The van der Waals surface area contributed by atoms with Crippen LogP contribution in [0, 0.1) is 12.3 Å². The molecule has 35 heavy (non-hydrogen) atoms. The fourth-order valence-corrected chi connectivity index (χ4v) is 6.05. The van der Waals surface area contributed by atoms with Gasteiger partial charge >= 0.3 is 0 Å². The van der Waals surface area contributed by atoms with E-state index in [2.05, 4.69) is 33.0 Å². The molecule has 2 aromatic heterocycles. The summed E-state index contributed by atoms with van der Waals surface area (Å²) in [5.41, 5.74) is 4.16. The van der Waals surface area contributed by atoms with Gasteiger partial charge in [-0.15, -0.1) is 10.2 Å². The molecule has 1 amide bonds. The number of rotatable bonds is 3. The van der Waals surface area contributed by atoms with Crippen LogP contribution < -0.4 is 9.80 Å². The van der Waals surface area contributed by atoms with Crippen LogP contribution in [0.25, 0.3) is 0 Å². The van der Waals surface area contributed by atoms with Gasteiger partial charge in [0.05, 0.1) is 24.6 Å². The first-order chi connectivity index (χ1) is 16.7. The van der Waals surface area contributed by atoms with E-state index in [4.69, 9.17) is 9.72 Å². The van der Waals surface area contributed by atoms with Crippen molar-refractivity contribution in [2.75, 3.05) is 49.1 Å². The molecule has 1 saturated carbocycles. The molecule has 8 nitrogen and oxygen atoms in total. The maximum atomic E-state index is 13.3. The summed E-state index contributed by atoms with van der Waals surface area (Å²) in [4.78, 5) is 23.7. The minimum atomic E-state index is -2.57. The highest BCUT2D eigenvalue weighted by atomic mass is 19.3. The topological polar surface area (TPSA) is 74.7 Å². The molecule has 10 heteroatoms. The molecule has 0 unspecified atom stereocenters. The van der Waals surface area contributed by atoms with E-state index < -0.39 is 11.3 Å². The van der Waals surface area contributed by atoms with Gasteiger partial charge in [-0.3, -0.25) is 9.78 Å². The molecule has 1 spiro atoms. The van der Waals surface area contributed by atoms with Crippen molar-refractivity contribution < 1.29 is 18.3 Å². The summed E-state index contributed by atoms with van der Waals surface area (Å²) in [6.07, 6.45) is 2.74. The number of carbonyl (C=O) groups excluding carboxylic acids is 1. The number of hydrogen-bond donors (Lipinski definition) is 0. The highest BCUT2D eigenvalue weighted by molar-refractivity contribution is 5.93. The zero-order valence-electron chi connectivity index (χ0n) is 20.1. The van der Waals surface area contributed by atoms with Crippen LogP contribution in [0.1, 0.15) is 47.1 Å². The minimum Gasteiger partial charge on any atom is -0.375 e. The van der Waals surface area contributed by atoms with E-state index in [0.29, 0.717) is 19.6 Å². The molecule has 0 bridgehead atoms. The summed E-state index contributed by atoms with van der Waals surface area (Å²) in [7, 11) is 0. The van der Waals surface area contributed by atoms with E-state index in [1.165, 1.54) is 5.56 Å². The second kappa shape index (κ2) is 8.08. The Balaban J connectivity index is 1.14. The molecule has 4 aliphatic rings. The molecule has 5 heterocycles. The molecule has 186 valence electrons. The molecule has 0 aromatic carbocycles. The second-order valence-corrected chi connectivity index (χ2v) is 10.7. The number of hydrogen-bond acceptors (Lipinski definition) is 7. The zero-order chi connectivity index (χ0) is 24.4. The lowest BCUT2D eigenvalue weighted by Crippen LogP contribution is -2.66. The molecule has 0 N–H and O–H groups in total. The molecule has 3 fully saturated rings. The number of pyridine rings is 1. The standard InChI is InChI=1S/C25H30F2N6O2/c1-16-7-21(23(34)33-14-24(15-33)12-25(26,27)13-24)29-30-22(16)32-4-3-20-18(11-32)8-19(9-28-20)31-5-6-35-17(2)10-31/h7-9,17H,3-6,10-15H2,1-2H3/t17-/m1/s1. The van der Waals surface area contributed by atoms with Crippen molar-refractivity contribution in [2.24, 2.45) is 5.41 Å². The number of aryl methyl sites for hydroxylation is 1. The molecular weight excluding hydrogens is 454 g/mol. The van der Waals surface area contributed by atoms with E-state index >= 15 is 0 Å². The molecule has 0 radical (unpaired) electrons. The number of likely N-dealkylation sites (tertiary alicyclic amines) is 1. The lowest BCUT2D eigenvalue weighted by Gasteiger charge is -2.58. The minimum absolute atomic E-state index is 0.120. The number of alkyl halides is 2. The first-order valence-corrected chi connectivity index (χ1v) is 12.3. The Labute approximate surface area is 203 Å². The monoisotopic (exact) mass is 484 g/mol. The summed E-state index contributed by atoms with van der Waals surface area (Å²) < 4.78 is 32.2. The SMILES string of the molecule is Cc1cc(C(=O)N2CC3(C2)CC(F)(F)C3)nnc1N1CCc2ncc(N3CCO[C@H](C)C3)cc2C1. The Kier molecular flexibility index (Phi) is 5.21. The second-order valence-electron chi connectivity index (χ2n) is 10.7. The Hall–Kier alpha value is -2.88. The number of ether oxygens (including phenoxy) is 1. The number of morpholine rings is 1. The van der Waals surface area contributed by atoms with E-state index in [-0.39, 0.29) is 30.5 Å². The smallest absolute Gasteiger partial charge is 0.274 e. The van der Waals surface area contributed by atoms with Gasteiger partial charge < -0.3 is 19.4 Å². The van der Waals surface area contributed by atoms with Gasteiger partial charge in [-0.1, -0.05) is 0 Å². The van der Waals surface area contributed by atoms with Crippen molar-refractivity contribution in [2.45, 2.75) is 51.7 Å². The summed E-state index contributed by atoms with van der Waals surface area (Å²) in [5, 5.41) is 8.64. The molecule has 3 aliphatic heterocycles. The predicted molar refractivity (Wildman–Crippen MR) is 126 cm³/mol. The van der Waals surface area contributed by atoms with Crippen molar-refractivity contribution in [1.29, 1.82) is 0 Å². The maximum Gasteiger partial charge on any atom is 0.274 e. The Bertz CT molecular complexity index is 1160. The lowest BCUT2D eigenvalue weighted by molar-refractivity contribution is -0.204. The van der Waals surface area contributed by atoms with E-state index in [1.807, 2.05) is 13.1 Å².